The van der Waals surface area contributed by atoms with Crippen LogP contribution >= 0.6 is 0 Å². The summed E-state index contributed by atoms with van der Waals surface area (Å²) in [6.07, 6.45) is 4.75. The van der Waals surface area contributed by atoms with Gasteiger partial charge in [0.2, 0.25) is 5.95 Å². The Bertz CT molecular complexity index is 243. The van der Waals surface area contributed by atoms with Crippen LogP contribution in [0.4, 0.5) is 5.95 Å². The number of hydrogen-bond donors (Lipinski definition) is 2. The maximum absolute atomic E-state index is 4.10. The average molecular weight is 178 g/mol. The zero-order valence-corrected chi connectivity index (χ0v) is 7.53. The second kappa shape index (κ2) is 4.18. The first-order valence-corrected chi connectivity index (χ1v) is 4.67. The Hall–Kier alpha value is -1.16. The molecule has 1 aromatic heterocycles. The molecule has 0 aliphatic carbocycles. The van der Waals surface area contributed by atoms with Crippen LogP contribution in [0.1, 0.15) is 6.42 Å². The van der Waals surface area contributed by atoms with E-state index in [4.69, 9.17) is 0 Å². The molecule has 0 amide bonds. The molecule has 0 saturated carbocycles. The summed E-state index contributed by atoms with van der Waals surface area (Å²) in [5.74, 6) is 1.46. The lowest BCUT2D eigenvalue weighted by atomic mass is 10.1. The Morgan fingerprint density at radius 1 is 1.46 bits per heavy atom. The van der Waals surface area contributed by atoms with Crippen molar-refractivity contribution in [2.75, 3.05) is 25.0 Å². The molecule has 1 atom stereocenters. The van der Waals surface area contributed by atoms with Crippen molar-refractivity contribution in [3.05, 3.63) is 18.5 Å². The first kappa shape index (κ1) is 8.44. The van der Waals surface area contributed by atoms with Crippen molar-refractivity contribution in [1.29, 1.82) is 0 Å². The summed E-state index contributed by atoms with van der Waals surface area (Å²) in [6.45, 7) is 3.22. The van der Waals surface area contributed by atoms with E-state index in [9.17, 15) is 0 Å². The standard InChI is InChI=1S/C9H14N4/c1-3-11-9(12-4-1)13-7-8-2-5-10-6-8/h1,3-4,8,10H,2,5-7H2,(H,11,12,13). The van der Waals surface area contributed by atoms with Crippen LogP contribution in [0.5, 0.6) is 0 Å². The quantitative estimate of drug-likeness (QED) is 0.707. The molecule has 70 valence electrons. The van der Waals surface area contributed by atoms with Crippen molar-refractivity contribution in [3.8, 4) is 0 Å². The summed E-state index contributed by atoms with van der Waals surface area (Å²) in [5.41, 5.74) is 0. The fraction of sp³-hybridized carbons (Fsp3) is 0.556. The Balaban J connectivity index is 1.79. The number of nitrogens with zero attached hydrogens (tertiary/aromatic N) is 2. The van der Waals surface area contributed by atoms with Gasteiger partial charge in [-0.15, -0.1) is 0 Å². The zero-order chi connectivity index (χ0) is 8.93. The van der Waals surface area contributed by atoms with Gasteiger partial charge >= 0.3 is 0 Å². The van der Waals surface area contributed by atoms with Crippen molar-refractivity contribution in [3.63, 3.8) is 0 Å². The highest BCUT2D eigenvalue weighted by atomic mass is 15.1. The molecule has 0 bridgehead atoms. The van der Waals surface area contributed by atoms with Gasteiger partial charge in [-0.3, -0.25) is 0 Å². The van der Waals surface area contributed by atoms with Gasteiger partial charge in [0, 0.05) is 18.9 Å². The lowest BCUT2D eigenvalue weighted by Gasteiger charge is -2.08. The van der Waals surface area contributed by atoms with Crippen LogP contribution in [0.2, 0.25) is 0 Å². The maximum Gasteiger partial charge on any atom is 0.222 e. The van der Waals surface area contributed by atoms with Gasteiger partial charge in [-0.2, -0.15) is 0 Å². The number of aromatic nitrogens is 2. The number of nitrogens with one attached hydrogen (secondary N) is 2. The molecular weight excluding hydrogens is 164 g/mol. The summed E-state index contributed by atoms with van der Waals surface area (Å²) in [4.78, 5) is 8.19. The van der Waals surface area contributed by atoms with Crippen LogP contribution in [-0.4, -0.2) is 29.6 Å². The molecule has 4 heteroatoms. The Kier molecular flexibility index (Phi) is 2.72. The van der Waals surface area contributed by atoms with Gasteiger partial charge in [0.1, 0.15) is 0 Å². The third-order valence-electron chi connectivity index (χ3n) is 2.28. The molecule has 0 aromatic carbocycles. The van der Waals surface area contributed by atoms with E-state index in [0.29, 0.717) is 0 Å². The van der Waals surface area contributed by atoms with Gasteiger partial charge < -0.3 is 10.6 Å². The first-order valence-electron chi connectivity index (χ1n) is 4.67. The molecule has 1 fully saturated rings. The van der Waals surface area contributed by atoms with Crippen molar-refractivity contribution in [2.24, 2.45) is 5.92 Å². The van der Waals surface area contributed by atoms with Crippen LogP contribution in [0.25, 0.3) is 0 Å². The van der Waals surface area contributed by atoms with Crippen LogP contribution in [-0.2, 0) is 0 Å². The van der Waals surface area contributed by atoms with E-state index < -0.39 is 0 Å². The molecule has 1 aliphatic heterocycles. The number of anilines is 1. The second-order valence-corrected chi connectivity index (χ2v) is 3.31. The van der Waals surface area contributed by atoms with E-state index in [1.165, 1.54) is 6.42 Å². The van der Waals surface area contributed by atoms with Gasteiger partial charge in [-0.05, 0) is 31.5 Å². The molecule has 2 heterocycles. The molecule has 0 spiro atoms. The van der Waals surface area contributed by atoms with Crippen molar-refractivity contribution < 1.29 is 0 Å². The maximum atomic E-state index is 4.10. The van der Waals surface area contributed by atoms with Crippen LogP contribution < -0.4 is 10.6 Å². The summed E-state index contributed by atoms with van der Waals surface area (Å²) < 4.78 is 0. The monoisotopic (exact) mass is 178 g/mol. The third kappa shape index (κ3) is 2.39. The SMILES string of the molecule is c1cnc(NCC2CCNC2)nc1. The number of rotatable bonds is 3. The summed E-state index contributed by atoms with van der Waals surface area (Å²) >= 11 is 0. The topological polar surface area (TPSA) is 49.8 Å². The summed E-state index contributed by atoms with van der Waals surface area (Å²) in [7, 11) is 0. The molecule has 4 nitrogen and oxygen atoms in total. The molecule has 2 rings (SSSR count). The average Bonchev–Trinajstić information content (AvgIpc) is 2.69. The smallest absolute Gasteiger partial charge is 0.222 e. The van der Waals surface area contributed by atoms with Crippen LogP contribution in [0.15, 0.2) is 18.5 Å². The largest absolute Gasteiger partial charge is 0.354 e. The fourth-order valence-corrected chi connectivity index (χ4v) is 1.51. The first-order chi connectivity index (χ1) is 6.45. The molecule has 13 heavy (non-hydrogen) atoms. The van der Waals surface area contributed by atoms with E-state index in [-0.39, 0.29) is 0 Å². The number of hydrogen-bond acceptors (Lipinski definition) is 4. The van der Waals surface area contributed by atoms with Crippen molar-refractivity contribution in [2.45, 2.75) is 6.42 Å². The highest BCUT2D eigenvalue weighted by molar-refractivity contribution is 5.22. The van der Waals surface area contributed by atoms with E-state index >= 15 is 0 Å². The van der Waals surface area contributed by atoms with Crippen LogP contribution in [0, 0.1) is 5.92 Å². The van der Waals surface area contributed by atoms with E-state index in [1.807, 2.05) is 6.07 Å². The van der Waals surface area contributed by atoms with Crippen molar-refractivity contribution in [1.82, 2.24) is 15.3 Å². The molecule has 1 unspecified atom stereocenters. The van der Waals surface area contributed by atoms with Gasteiger partial charge in [0.25, 0.3) is 0 Å². The minimum atomic E-state index is 0.726. The minimum Gasteiger partial charge on any atom is -0.354 e. The van der Waals surface area contributed by atoms with Gasteiger partial charge in [-0.1, -0.05) is 0 Å². The van der Waals surface area contributed by atoms with Crippen LogP contribution in [0.3, 0.4) is 0 Å². The Morgan fingerprint density at radius 2 is 2.31 bits per heavy atom. The lowest BCUT2D eigenvalue weighted by Crippen LogP contribution is -2.18. The van der Waals surface area contributed by atoms with Crippen molar-refractivity contribution >= 4 is 5.95 Å². The van der Waals surface area contributed by atoms with E-state index in [2.05, 4.69) is 20.6 Å². The molecular formula is C9H14N4. The van der Waals surface area contributed by atoms with Gasteiger partial charge in [0.05, 0.1) is 0 Å². The molecule has 1 aromatic rings. The third-order valence-corrected chi connectivity index (χ3v) is 2.28. The van der Waals surface area contributed by atoms with Gasteiger partial charge in [0.15, 0.2) is 0 Å². The van der Waals surface area contributed by atoms with E-state index in [0.717, 1.165) is 31.5 Å². The summed E-state index contributed by atoms with van der Waals surface area (Å²) in [5, 5.41) is 6.55. The molecule has 0 radical (unpaired) electrons. The predicted molar refractivity (Wildman–Crippen MR) is 51.5 cm³/mol. The molecule has 1 saturated heterocycles. The molecule has 1 aliphatic rings. The molecule has 2 N–H and O–H groups in total. The lowest BCUT2D eigenvalue weighted by molar-refractivity contribution is 0.613. The Morgan fingerprint density at radius 3 is 3.00 bits per heavy atom. The zero-order valence-electron chi connectivity index (χ0n) is 7.53. The summed E-state index contributed by atoms with van der Waals surface area (Å²) in [6, 6.07) is 1.82. The fourth-order valence-electron chi connectivity index (χ4n) is 1.51. The second-order valence-electron chi connectivity index (χ2n) is 3.31. The van der Waals surface area contributed by atoms with Gasteiger partial charge in [-0.25, -0.2) is 9.97 Å². The van der Waals surface area contributed by atoms with E-state index in [1.54, 1.807) is 12.4 Å². The highest BCUT2D eigenvalue weighted by Crippen LogP contribution is 2.07. The highest BCUT2D eigenvalue weighted by Gasteiger charge is 2.13. The Labute approximate surface area is 77.8 Å². The predicted octanol–water partition coefficient (Wildman–Crippen LogP) is 0.498. The normalized spacial score (nSPS) is 21.7. The minimum absolute atomic E-state index is 0.726.